The molecule has 1 aromatic rings. The van der Waals surface area contributed by atoms with Crippen molar-refractivity contribution in [3.8, 4) is 6.07 Å². The van der Waals surface area contributed by atoms with Crippen LogP contribution in [0, 0.1) is 25.2 Å². The van der Waals surface area contributed by atoms with Crippen molar-refractivity contribution in [3.63, 3.8) is 0 Å². The predicted octanol–water partition coefficient (Wildman–Crippen LogP) is 1.79. The molecule has 13 heavy (non-hydrogen) atoms. The molecule has 0 aromatic carbocycles. The first kappa shape index (κ1) is 9.40. The van der Waals surface area contributed by atoms with E-state index in [2.05, 4.69) is 4.98 Å². The molecule has 0 aliphatic heterocycles. The number of nitrogens with zero attached hydrogens (tertiary/aromatic N) is 2. The predicted molar refractivity (Wildman–Crippen MR) is 48.3 cm³/mol. The SMILES string of the molecule is Cc1cc(C(=O)CC#N)cnc1C. The summed E-state index contributed by atoms with van der Waals surface area (Å²) in [5.41, 5.74) is 2.40. The average Bonchev–Trinajstić information content (AvgIpc) is 2.10. The molecule has 0 amide bonds. The van der Waals surface area contributed by atoms with Gasteiger partial charge in [-0.3, -0.25) is 9.78 Å². The van der Waals surface area contributed by atoms with Gasteiger partial charge < -0.3 is 0 Å². The molecular formula is C10H10N2O. The molecule has 1 rings (SSSR count). The minimum atomic E-state index is -0.168. The summed E-state index contributed by atoms with van der Waals surface area (Å²) in [4.78, 5) is 15.3. The molecule has 0 fully saturated rings. The molecule has 0 radical (unpaired) electrons. The van der Waals surface area contributed by atoms with E-state index < -0.39 is 0 Å². The fourth-order valence-electron chi connectivity index (χ4n) is 0.970. The van der Waals surface area contributed by atoms with Crippen LogP contribution in [0.4, 0.5) is 0 Å². The van der Waals surface area contributed by atoms with Gasteiger partial charge in [0.25, 0.3) is 0 Å². The number of rotatable bonds is 2. The van der Waals surface area contributed by atoms with Crippen molar-refractivity contribution < 1.29 is 4.79 Å². The molecule has 0 atom stereocenters. The first-order valence-electron chi connectivity index (χ1n) is 3.98. The van der Waals surface area contributed by atoms with Crippen LogP contribution in [-0.4, -0.2) is 10.8 Å². The van der Waals surface area contributed by atoms with E-state index in [0.717, 1.165) is 11.3 Å². The molecule has 3 heteroatoms. The van der Waals surface area contributed by atoms with E-state index in [1.165, 1.54) is 6.20 Å². The highest BCUT2D eigenvalue weighted by molar-refractivity contribution is 5.97. The van der Waals surface area contributed by atoms with Crippen LogP contribution in [0.1, 0.15) is 28.0 Å². The van der Waals surface area contributed by atoms with Crippen molar-refractivity contribution in [2.45, 2.75) is 20.3 Å². The zero-order valence-electron chi connectivity index (χ0n) is 7.66. The molecule has 1 heterocycles. The number of pyridine rings is 1. The third-order valence-electron chi connectivity index (χ3n) is 1.90. The number of carbonyl (C=O) groups excluding carboxylic acids is 1. The number of aromatic nitrogens is 1. The van der Waals surface area contributed by atoms with E-state index in [1.807, 2.05) is 19.9 Å². The third-order valence-corrected chi connectivity index (χ3v) is 1.90. The normalized spacial score (nSPS) is 9.31. The van der Waals surface area contributed by atoms with Gasteiger partial charge in [-0.2, -0.15) is 5.26 Å². The fourth-order valence-corrected chi connectivity index (χ4v) is 0.970. The molecule has 0 saturated heterocycles. The zero-order valence-corrected chi connectivity index (χ0v) is 7.66. The lowest BCUT2D eigenvalue weighted by Crippen LogP contribution is -2.00. The Morgan fingerprint density at radius 2 is 2.31 bits per heavy atom. The zero-order chi connectivity index (χ0) is 9.84. The Labute approximate surface area is 77.0 Å². The van der Waals surface area contributed by atoms with Gasteiger partial charge in [-0.1, -0.05) is 0 Å². The standard InChI is InChI=1S/C10H10N2O/c1-7-5-9(6-12-8(7)2)10(13)3-4-11/h5-6H,3H2,1-2H3. The van der Waals surface area contributed by atoms with Gasteiger partial charge in [-0.25, -0.2) is 0 Å². The summed E-state index contributed by atoms with van der Waals surface area (Å²) in [5, 5.41) is 8.33. The Bertz CT molecular complexity index is 377. The second-order valence-electron chi connectivity index (χ2n) is 2.88. The summed E-state index contributed by atoms with van der Waals surface area (Å²) in [6, 6.07) is 3.59. The van der Waals surface area contributed by atoms with Crippen molar-refractivity contribution in [2.24, 2.45) is 0 Å². The lowest BCUT2D eigenvalue weighted by atomic mass is 10.1. The van der Waals surface area contributed by atoms with Gasteiger partial charge in [-0.15, -0.1) is 0 Å². The number of carbonyl (C=O) groups is 1. The highest BCUT2D eigenvalue weighted by Gasteiger charge is 2.06. The lowest BCUT2D eigenvalue weighted by Gasteiger charge is -2.00. The van der Waals surface area contributed by atoms with Crippen molar-refractivity contribution in [2.75, 3.05) is 0 Å². The molecule has 0 aliphatic carbocycles. The molecule has 0 unspecified atom stereocenters. The van der Waals surface area contributed by atoms with Gasteiger partial charge in [0.2, 0.25) is 0 Å². The van der Waals surface area contributed by atoms with Crippen molar-refractivity contribution in [1.29, 1.82) is 5.26 Å². The molecule has 3 nitrogen and oxygen atoms in total. The molecule has 0 saturated carbocycles. The Balaban J connectivity index is 2.98. The summed E-state index contributed by atoms with van der Waals surface area (Å²) in [6.45, 7) is 3.78. The van der Waals surface area contributed by atoms with Gasteiger partial charge in [-0.05, 0) is 25.5 Å². The minimum Gasteiger partial charge on any atom is -0.293 e. The van der Waals surface area contributed by atoms with Crippen molar-refractivity contribution in [1.82, 2.24) is 4.98 Å². The van der Waals surface area contributed by atoms with E-state index in [1.54, 1.807) is 6.07 Å². The molecule has 0 bridgehead atoms. The summed E-state index contributed by atoms with van der Waals surface area (Å²) >= 11 is 0. The van der Waals surface area contributed by atoms with E-state index in [9.17, 15) is 4.79 Å². The Morgan fingerprint density at radius 1 is 1.62 bits per heavy atom. The number of ketones is 1. The molecular weight excluding hydrogens is 164 g/mol. The van der Waals surface area contributed by atoms with Crippen LogP contribution in [0.5, 0.6) is 0 Å². The van der Waals surface area contributed by atoms with Crippen LogP contribution >= 0.6 is 0 Å². The first-order chi connectivity index (χ1) is 6.15. The lowest BCUT2D eigenvalue weighted by molar-refractivity contribution is 0.0997. The minimum absolute atomic E-state index is 0.0792. The Morgan fingerprint density at radius 3 is 2.85 bits per heavy atom. The molecule has 66 valence electrons. The maximum Gasteiger partial charge on any atom is 0.178 e. The third kappa shape index (κ3) is 2.12. The molecule has 0 aliphatic rings. The van der Waals surface area contributed by atoms with Crippen LogP contribution in [0.25, 0.3) is 0 Å². The monoisotopic (exact) mass is 174 g/mol. The van der Waals surface area contributed by atoms with Crippen molar-refractivity contribution >= 4 is 5.78 Å². The van der Waals surface area contributed by atoms with Gasteiger partial charge in [0, 0.05) is 17.5 Å². The van der Waals surface area contributed by atoms with E-state index in [0.29, 0.717) is 5.56 Å². The maximum atomic E-state index is 11.2. The van der Waals surface area contributed by atoms with Gasteiger partial charge in [0.1, 0.15) is 0 Å². The second-order valence-corrected chi connectivity index (χ2v) is 2.88. The summed E-state index contributed by atoms with van der Waals surface area (Å²) in [7, 11) is 0. The Kier molecular flexibility index (Phi) is 2.76. The summed E-state index contributed by atoms with van der Waals surface area (Å²) in [6.07, 6.45) is 1.44. The number of aryl methyl sites for hydroxylation is 2. The summed E-state index contributed by atoms with van der Waals surface area (Å²) < 4.78 is 0. The van der Waals surface area contributed by atoms with E-state index in [-0.39, 0.29) is 12.2 Å². The highest BCUT2D eigenvalue weighted by Crippen LogP contribution is 2.08. The highest BCUT2D eigenvalue weighted by atomic mass is 16.1. The van der Waals surface area contributed by atoms with E-state index in [4.69, 9.17) is 5.26 Å². The van der Waals surface area contributed by atoms with E-state index >= 15 is 0 Å². The van der Waals surface area contributed by atoms with Crippen LogP contribution in [0.15, 0.2) is 12.3 Å². The number of hydrogen-bond acceptors (Lipinski definition) is 3. The second kappa shape index (κ2) is 3.81. The number of Topliss-reactive ketones (excluding diaryl/α,β-unsaturated/α-hetero) is 1. The quantitative estimate of drug-likeness (QED) is 0.642. The smallest absolute Gasteiger partial charge is 0.178 e. The van der Waals surface area contributed by atoms with Crippen LogP contribution in [0.2, 0.25) is 0 Å². The maximum absolute atomic E-state index is 11.2. The largest absolute Gasteiger partial charge is 0.293 e. The van der Waals surface area contributed by atoms with Gasteiger partial charge in [0.05, 0.1) is 12.5 Å². The van der Waals surface area contributed by atoms with Crippen molar-refractivity contribution in [3.05, 3.63) is 29.1 Å². The van der Waals surface area contributed by atoms with Crippen LogP contribution in [0.3, 0.4) is 0 Å². The Hall–Kier alpha value is -1.69. The molecule has 0 N–H and O–H groups in total. The summed E-state index contributed by atoms with van der Waals surface area (Å²) in [5.74, 6) is -0.168. The average molecular weight is 174 g/mol. The first-order valence-corrected chi connectivity index (χ1v) is 3.98. The number of nitriles is 1. The van der Waals surface area contributed by atoms with Crippen LogP contribution < -0.4 is 0 Å². The number of hydrogen-bond donors (Lipinski definition) is 0. The van der Waals surface area contributed by atoms with Gasteiger partial charge >= 0.3 is 0 Å². The van der Waals surface area contributed by atoms with Gasteiger partial charge in [0.15, 0.2) is 5.78 Å². The topological polar surface area (TPSA) is 53.8 Å². The molecule has 0 spiro atoms. The fraction of sp³-hybridized carbons (Fsp3) is 0.300. The van der Waals surface area contributed by atoms with Crippen LogP contribution in [-0.2, 0) is 0 Å². The molecule has 1 aromatic heterocycles.